The van der Waals surface area contributed by atoms with Crippen LogP contribution in [0.5, 0.6) is 0 Å². The fourth-order valence-corrected chi connectivity index (χ4v) is 11.2. The van der Waals surface area contributed by atoms with E-state index in [-0.39, 0.29) is 0 Å². The molecule has 342 valence electrons. The van der Waals surface area contributed by atoms with E-state index in [1.165, 1.54) is 0 Å². The Hall–Kier alpha value is -10.6. The Labute approximate surface area is 421 Å². The first kappa shape index (κ1) is 41.2. The van der Waals surface area contributed by atoms with E-state index in [1.807, 2.05) is 115 Å². The Bertz CT molecular complexity index is 4950. The van der Waals surface area contributed by atoms with Crippen molar-refractivity contribution < 1.29 is 8.83 Å². The summed E-state index contributed by atoms with van der Waals surface area (Å²) in [4.78, 5) is 16.2. The van der Waals surface area contributed by atoms with Gasteiger partial charge in [-0.25, -0.2) is 15.0 Å². The molecule has 0 bridgehead atoms. The van der Waals surface area contributed by atoms with Gasteiger partial charge in [-0.15, -0.1) is 0 Å². The molecular weight excluding hydrogens is 911 g/mol. The molecule has 15 rings (SSSR count). The number of nitrogens with zero attached hydrogens (tertiary/aromatic N) is 7. The average Bonchev–Trinajstić information content (AvgIpc) is 4.23. The molecule has 0 aliphatic rings. The molecular formula is C65H35N7O2. The Kier molecular flexibility index (Phi) is 8.88. The van der Waals surface area contributed by atoms with Crippen molar-refractivity contribution in [3.05, 3.63) is 223 Å². The van der Waals surface area contributed by atoms with Crippen molar-refractivity contribution in [1.82, 2.24) is 24.1 Å². The zero-order valence-corrected chi connectivity index (χ0v) is 39.2. The topological polar surface area (TPSA) is 122 Å². The van der Waals surface area contributed by atoms with Crippen LogP contribution >= 0.6 is 0 Å². The lowest BCUT2D eigenvalue weighted by molar-refractivity contribution is 0.672. The molecule has 0 aliphatic heterocycles. The lowest BCUT2D eigenvalue weighted by atomic mass is 9.99. The third kappa shape index (κ3) is 6.11. The largest absolute Gasteiger partial charge is 0.455 e. The minimum atomic E-state index is 0.380. The van der Waals surface area contributed by atoms with Gasteiger partial charge in [-0.1, -0.05) is 121 Å². The Morgan fingerprint density at radius 1 is 0.338 bits per heavy atom. The lowest BCUT2D eigenvalue weighted by Gasteiger charge is -2.17. The summed E-state index contributed by atoms with van der Waals surface area (Å²) < 4.78 is 17.9. The number of nitriles is 2. The van der Waals surface area contributed by atoms with Gasteiger partial charge < -0.3 is 18.0 Å². The van der Waals surface area contributed by atoms with Crippen LogP contribution in [0.15, 0.2) is 221 Å². The molecule has 0 atom stereocenters. The van der Waals surface area contributed by atoms with Crippen LogP contribution in [0.4, 0.5) is 0 Å². The van der Waals surface area contributed by atoms with Crippen LogP contribution in [0.1, 0.15) is 11.1 Å². The number of aromatic nitrogens is 5. The minimum absolute atomic E-state index is 0.380. The molecule has 0 saturated heterocycles. The van der Waals surface area contributed by atoms with E-state index in [2.05, 4.69) is 118 Å². The average molecular weight is 946 g/mol. The van der Waals surface area contributed by atoms with Gasteiger partial charge in [0.15, 0.2) is 17.5 Å². The molecule has 0 saturated carbocycles. The number of hydrogen-bond donors (Lipinski definition) is 0. The summed E-state index contributed by atoms with van der Waals surface area (Å²) in [6.45, 7) is 0. The van der Waals surface area contributed by atoms with Crippen LogP contribution in [0.25, 0.3) is 144 Å². The monoisotopic (exact) mass is 945 g/mol. The molecule has 0 unspecified atom stereocenters. The molecule has 0 spiro atoms. The molecule has 5 aromatic heterocycles. The van der Waals surface area contributed by atoms with Gasteiger partial charge in [-0.05, 0) is 102 Å². The quantitative estimate of drug-likeness (QED) is 0.163. The van der Waals surface area contributed by atoms with E-state index in [9.17, 15) is 10.5 Å². The number of furan rings is 2. The predicted octanol–water partition coefficient (Wildman–Crippen LogP) is 16.3. The summed E-state index contributed by atoms with van der Waals surface area (Å²) in [7, 11) is 0. The fraction of sp³-hybridized carbons (Fsp3) is 0. The highest BCUT2D eigenvalue weighted by Crippen LogP contribution is 2.45. The molecule has 5 heterocycles. The SMILES string of the molecule is N#Cc1cccc(-c2ccc(-n3c4ccccc4c4c5oc6ccccc6c5ccc43)c(-c3nc(-c4ccccc4)nc(-c4cc(C#N)ccc4-n4c5ccccc5c5c6oc7ccccc7c6ccc54)n3)c2)c1. The van der Waals surface area contributed by atoms with Crippen molar-refractivity contribution in [3.8, 4) is 68.8 Å². The van der Waals surface area contributed by atoms with Crippen molar-refractivity contribution in [3.63, 3.8) is 0 Å². The second-order valence-corrected chi connectivity index (χ2v) is 18.5. The normalized spacial score (nSPS) is 11.8. The van der Waals surface area contributed by atoms with Gasteiger partial charge in [0.05, 0.1) is 67.5 Å². The summed E-state index contributed by atoms with van der Waals surface area (Å²) in [6, 6.07) is 75.9. The van der Waals surface area contributed by atoms with Crippen molar-refractivity contribution >= 4 is 87.5 Å². The maximum absolute atomic E-state index is 10.6. The molecule has 74 heavy (non-hydrogen) atoms. The number of benzene rings is 10. The number of para-hydroxylation sites is 4. The van der Waals surface area contributed by atoms with Crippen LogP contribution in [0.3, 0.4) is 0 Å². The van der Waals surface area contributed by atoms with Crippen LogP contribution in [-0.2, 0) is 0 Å². The molecule has 10 aromatic carbocycles. The second kappa shape index (κ2) is 16.0. The lowest BCUT2D eigenvalue weighted by Crippen LogP contribution is -2.06. The van der Waals surface area contributed by atoms with Crippen molar-refractivity contribution in [2.45, 2.75) is 0 Å². The molecule has 9 nitrogen and oxygen atoms in total. The third-order valence-corrected chi connectivity index (χ3v) is 14.4. The maximum atomic E-state index is 10.6. The van der Waals surface area contributed by atoms with Gasteiger partial charge in [-0.3, -0.25) is 0 Å². The van der Waals surface area contributed by atoms with Gasteiger partial charge >= 0.3 is 0 Å². The second-order valence-electron chi connectivity index (χ2n) is 18.5. The van der Waals surface area contributed by atoms with Crippen LogP contribution in [0.2, 0.25) is 0 Å². The van der Waals surface area contributed by atoms with E-state index >= 15 is 0 Å². The van der Waals surface area contributed by atoms with Gasteiger partial charge in [0.1, 0.15) is 22.3 Å². The predicted molar refractivity (Wildman–Crippen MR) is 294 cm³/mol. The van der Waals surface area contributed by atoms with Crippen molar-refractivity contribution in [2.75, 3.05) is 0 Å². The van der Waals surface area contributed by atoms with Gasteiger partial charge in [-0.2, -0.15) is 10.5 Å². The van der Waals surface area contributed by atoms with Gasteiger partial charge in [0.25, 0.3) is 0 Å². The van der Waals surface area contributed by atoms with E-state index < -0.39 is 0 Å². The van der Waals surface area contributed by atoms with Gasteiger partial charge in [0.2, 0.25) is 0 Å². The third-order valence-electron chi connectivity index (χ3n) is 14.4. The van der Waals surface area contributed by atoms with Crippen molar-refractivity contribution in [2.24, 2.45) is 0 Å². The maximum Gasteiger partial charge on any atom is 0.166 e. The van der Waals surface area contributed by atoms with Crippen LogP contribution < -0.4 is 0 Å². The number of rotatable bonds is 6. The number of fused-ring (bicyclic) bond motifs is 14. The zero-order valence-electron chi connectivity index (χ0n) is 39.2. The molecule has 0 N–H and O–H groups in total. The molecule has 0 radical (unpaired) electrons. The van der Waals surface area contributed by atoms with E-state index in [0.717, 1.165) is 121 Å². The minimum Gasteiger partial charge on any atom is -0.455 e. The summed E-state index contributed by atoms with van der Waals surface area (Å²) in [6.07, 6.45) is 0. The van der Waals surface area contributed by atoms with Crippen LogP contribution in [0, 0.1) is 22.7 Å². The summed E-state index contributed by atoms with van der Waals surface area (Å²) >= 11 is 0. The Balaban J connectivity index is 1.03. The molecule has 0 fully saturated rings. The van der Waals surface area contributed by atoms with Crippen molar-refractivity contribution in [1.29, 1.82) is 10.5 Å². The zero-order chi connectivity index (χ0) is 49.0. The molecule has 9 heteroatoms. The van der Waals surface area contributed by atoms with E-state index in [1.54, 1.807) is 0 Å². The Morgan fingerprint density at radius 2 is 0.811 bits per heavy atom. The smallest absolute Gasteiger partial charge is 0.166 e. The first-order valence-electron chi connectivity index (χ1n) is 24.3. The highest BCUT2D eigenvalue weighted by Gasteiger charge is 2.26. The van der Waals surface area contributed by atoms with E-state index in [4.69, 9.17) is 23.8 Å². The molecule has 15 aromatic rings. The first-order chi connectivity index (χ1) is 36.6. The summed E-state index contributed by atoms with van der Waals surface area (Å²) in [5.41, 5.74) is 13.6. The summed E-state index contributed by atoms with van der Waals surface area (Å²) in [5.74, 6) is 1.25. The fourth-order valence-electron chi connectivity index (χ4n) is 11.2. The molecule has 0 aliphatic carbocycles. The van der Waals surface area contributed by atoms with Crippen LogP contribution in [-0.4, -0.2) is 24.1 Å². The number of hydrogen-bond acceptors (Lipinski definition) is 7. The van der Waals surface area contributed by atoms with Gasteiger partial charge in [0, 0.05) is 49.0 Å². The molecule has 0 amide bonds. The summed E-state index contributed by atoms with van der Waals surface area (Å²) in [5, 5.41) is 28.8. The highest BCUT2D eigenvalue weighted by molar-refractivity contribution is 6.25. The standard InChI is InChI=1S/C65H35N7O2/c66-36-38-13-12-16-41(33-38)42-26-30-54(72-52-22-9-5-20-48(52)60-56(72)32-28-46-44-18-7-11-24-58(44)74-62(46)60)50(35-42)65-69-63(40-14-2-1-3-15-40)68-64(70-65)49-34-39(37-67)25-29-53(49)71-51-21-8-4-19-47(51)59-55(71)31-27-45-43-17-6-10-23-57(43)73-61(45)59/h1-35H. The Morgan fingerprint density at radius 3 is 1.41 bits per heavy atom. The van der Waals surface area contributed by atoms with E-state index in [0.29, 0.717) is 34.2 Å². The first-order valence-corrected chi connectivity index (χ1v) is 24.3. The highest BCUT2D eigenvalue weighted by atomic mass is 16.3.